The Balaban J connectivity index is 1.31. The first-order chi connectivity index (χ1) is 17.9. The van der Waals surface area contributed by atoms with E-state index >= 15 is 0 Å². The van der Waals surface area contributed by atoms with Crippen LogP contribution in [0, 0.1) is 5.82 Å². The van der Waals surface area contributed by atoms with Crippen LogP contribution in [0.1, 0.15) is 15.9 Å². The topological polar surface area (TPSA) is 88.7 Å². The van der Waals surface area contributed by atoms with Crippen molar-refractivity contribution in [3.63, 3.8) is 0 Å². The number of benzene rings is 4. The van der Waals surface area contributed by atoms with Crippen molar-refractivity contribution in [3.05, 3.63) is 113 Å². The van der Waals surface area contributed by atoms with Gasteiger partial charge in [-0.15, -0.1) is 0 Å². The summed E-state index contributed by atoms with van der Waals surface area (Å²) in [6.45, 7) is 0.379. The highest BCUT2D eigenvalue weighted by Crippen LogP contribution is 2.29. The molecule has 0 spiro atoms. The zero-order chi connectivity index (χ0) is 26.2. The van der Waals surface area contributed by atoms with Crippen molar-refractivity contribution in [2.24, 2.45) is 0 Å². The summed E-state index contributed by atoms with van der Waals surface area (Å²) >= 11 is 6.31. The standard InChI is InChI=1S/C28H23ClFN3O4/c1-31-27(34)23-16-22(12-13-25(23)30)37-21-10-7-19(8-11-21)32-28(35)33-20-9-14-26(24(29)15-20)36-17-18-5-3-2-4-6-18/h2-16H,17H2,1H3,(H,31,34)(H2,32,33,35). The maximum atomic E-state index is 13.8. The summed E-state index contributed by atoms with van der Waals surface area (Å²) in [7, 11) is 1.42. The molecule has 3 N–H and O–H groups in total. The fourth-order valence-corrected chi connectivity index (χ4v) is 3.58. The van der Waals surface area contributed by atoms with Crippen molar-refractivity contribution in [2.75, 3.05) is 17.7 Å². The van der Waals surface area contributed by atoms with E-state index in [1.165, 1.54) is 19.2 Å². The average molecular weight is 520 g/mol. The van der Waals surface area contributed by atoms with Crippen molar-refractivity contribution in [1.82, 2.24) is 5.32 Å². The van der Waals surface area contributed by atoms with Crippen LogP contribution in [-0.2, 0) is 6.61 Å². The van der Waals surface area contributed by atoms with Gasteiger partial charge < -0.3 is 25.4 Å². The number of hydrogen-bond donors (Lipinski definition) is 3. The van der Waals surface area contributed by atoms with E-state index in [1.54, 1.807) is 42.5 Å². The number of carbonyl (C=O) groups excluding carboxylic acids is 2. The number of ether oxygens (including phenoxy) is 2. The third-order valence-electron chi connectivity index (χ3n) is 5.18. The van der Waals surface area contributed by atoms with Crippen LogP contribution in [0.15, 0.2) is 91.0 Å². The molecule has 0 aliphatic carbocycles. The Hall–Kier alpha value is -4.56. The number of halogens is 2. The van der Waals surface area contributed by atoms with Gasteiger partial charge in [-0.25, -0.2) is 9.18 Å². The van der Waals surface area contributed by atoms with Crippen molar-refractivity contribution < 1.29 is 23.5 Å². The zero-order valence-corrected chi connectivity index (χ0v) is 20.5. The van der Waals surface area contributed by atoms with E-state index in [1.807, 2.05) is 30.3 Å². The summed E-state index contributed by atoms with van der Waals surface area (Å²) in [5.74, 6) is 0.0533. The second-order valence-electron chi connectivity index (χ2n) is 7.85. The fraction of sp³-hybridized carbons (Fsp3) is 0.0714. The summed E-state index contributed by atoms with van der Waals surface area (Å²) in [6.07, 6.45) is 0. The number of amides is 3. The zero-order valence-electron chi connectivity index (χ0n) is 19.8. The molecule has 4 aromatic carbocycles. The van der Waals surface area contributed by atoms with Gasteiger partial charge in [0.25, 0.3) is 5.91 Å². The Morgan fingerprint density at radius 3 is 2.22 bits per heavy atom. The van der Waals surface area contributed by atoms with Crippen LogP contribution >= 0.6 is 11.6 Å². The summed E-state index contributed by atoms with van der Waals surface area (Å²) in [4.78, 5) is 24.2. The lowest BCUT2D eigenvalue weighted by molar-refractivity contribution is 0.0958. The molecule has 0 radical (unpaired) electrons. The first-order valence-corrected chi connectivity index (χ1v) is 11.6. The Kier molecular flexibility index (Phi) is 8.22. The number of carbonyl (C=O) groups is 2. The van der Waals surface area contributed by atoms with Gasteiger partial charge >= 0.3 is 6.03 Å². The SMILES string of the molecule is CNC(=O)c1cc(Oc2ccc(NC(=O)Nc3ccc(OCc4ccccc4)c(Cl)c3)cc2)ccc1F. The smallest absolute Gasteiger partial charge is 0.323 e. The van der Waals surface area contributed by atoms with Gasteiger partial charge in [0.2, 0.25) is 0 Å². The molecule has 0 bridgehead atoms. The molecule has 9 heteroatoms. The second-order valence-corrected chi connectivity index (χ2v) is 8.25. The second kappa shape index (κ2) is 11.9. The highest BCUT2D eigenvalue weighted by atomic mass is 35.5. The lowest BCUT2D eigenvalue weighted by atomic mass is 10.2. The van der Waals surface area contributed by atoms with Crippen LogP contribution < -0.4 is 25.4 Å². The number of hydrogen-bond acceptors (Lipinski definition) is 4. The molecule has 0 saturated carbocycles. The Morgan fingerprint density at radius 2 is 1.51 bits per heavy atom. The molecular formula is C28H23ClFN3O4. The van der Waals surface area contributed by atoms with Crippen molar-refractivity contribution in [1.29, 1.82) is 0 Å². The highest BCUT2D eigenvalue weighted by Gasteiger charge is 2.12. The Morgan fingerprint density at radius 1 is 0.838 bits per heavy atom. The molecule has 7 nitrogen and oxygen atoms in total. The molecule has 0 unspecified atom stereocenters. The van der Waals surface area contributed by atoms with Crippen LogP contribution in [0.5, 0.6) is 17.2 Å². The predicted octanol–water partition coefficient (Wildman–Crippen LogP) is 6.85. The molecule has 0 aliphatic heterocycles. The predicted molar refractivity (Wildman–Crippen MR) is 141 cm³/mol. The lowest BCUT2D eigenvalue weighted by Gasteiger charge is -2.12. The summed E-state index contributed by atoms with van der Waals surface area (Å²) in [5, 5.41) is 8.19. The molecule has 0 atom stereocenters. The first-order valence-electron chi connectivity index (χ1n) is 11.2. The lowest BCUT2D eigenvalue weighted by Crippen LogP contribution is -2.19. The first kappa shape index (κ1) is 25.5. The van der Waals surface area contributed by atoms with Crippen molar-refractivity contribution in [2.45, 2.75) is 6.61 Å². The van der Waals surface area contributed by atoms with Crippen LogP contribution in [0.2, 0.25) is 5.02 Å². The van der Waals surface area contributed by atoms with Crippen LogP contribution in [0.25, 0.3) is 0 Å². The molecule has 0 heterocycles. The maximum Gasteiger partial charge on any atom is 0.323 e. The quantitative estimate of drug-likeness (QED) is 0.237. The average Bonchev–Trinajstić information content (AvgIpc) is 2.90. The van der Waals surface area contributed by atoms with Gasteiger partial charge in [-0.2, -0.15) is 0 Å². The summed E-state index contributed by atoms with van der Waals surface area (Å²) in [5.41, 5.74) is 1.91. The monoisotopic (exact) mass is 519 g/mol. The van der Waals surface area contributed by atoms with Gasteiger partial charge in [0, 0.05) is 18.4 Å². The molecular weight excluding hydrogens is 497 g/mol. The number of nitrogens with one attached hydrogen (secondary N) is 3. The van der Waals surface area contributed by atoms with E-state index in [-0.39, 0.29) is 5.56 Å². The van der Waals surface area contributed by atoms with Crippen molar-refractivity contribution >= 4 is 34.9 Å². The molecule has 4 aromatic rings. The van der Waals surface area contributed by atoms with Crippen LogP contribution in [0.4, 0.5) is 20.6 Å². The molecule has 188 valence electrons. The molecule has 37 heavy (non-hydrogen) atoms. The molecule has 3 amide bonds. The minimum absolute atomic E-state index is 0.120. The van der Waals surface area contributed by atoms with E-state index in [0.29, 0.717) is 40.3 Å². The van der Waals surface area contributed by atoms with E-state index in [0.717, 1.165) is 11.6 Å². The van der Waals surface area contributed by atoms with Gasteiger partial charge in [-0.1, -0.05) is 41.9 Å². The molecule has 0 aliphatic rings. The molecule has 0 saturated heterocycles. The van der Waals surface area contributed by atoms with Gasteiger partial charge in [0.1, 0.15) is 29.7 Å². The summed E-state index contributed by atoms with van der Waals surface area (Å²) in [6, 6.07) is 24.7. The van der Waals surface area contributed by atoms with Gasteiger partial charge in [0.15, 0.2) is 0 Å². The Labute approximate surface area is 218 Å². The van der Waals surface area contributed by atoms with E-state index in [2.05, 4.69) is 16.0 Å². The minimum Gasteiger partial charge on any atom is -0.487 e. The van der Waals surface area contributed by atoms with E-state index in [4.69, 9.17) is 21.1 Å². The maximum absolute atomic E-state index is 13.8. The third-order valence-corrected chi connectivity index (χ3v) is 5.48. The number of anilines is 2. The highest BCUT2D eigenvalue weighted by molar-refractivity contribution is 6.32. The van der Waals surface area contributed by atoms with Crippen LogP contribution in [-0.4, -0.2) is 19.0 Å². The molecule has 0 aromatic heterocycles. The Bertz CT molecular complexity index is 1400. The third kappa shape index (κ3) is 6.99. The van der Waals surface area contributed by atoms with E-state index < -0.39 is 17.8 Å². The van der Waals surface area contributed by atoms with Gasteiger partial charge in [0.05, 0.1) is 10.6 Å². The summed E-state index contributed by atoms with van der Waals surface area (Å²) < 4.78 is 25.3. The molecule has 0 fully saturated rings. The number of rotatable bonds is 8. The normalized spacial score (nSPS) is 10.4. The number of urea groups is 1. The van der Waals surface area contributed by atoms with E-state index in [9.17, 15) is 14.0 Å². The van der Waals surface area contributed by atoms with Crippen molar-refractivity contribution in [3.8, 4) is 17.2 Å². The van der Waals surface area contributed by atoms with Gasteiger partial charge in [-0.3, -0.25) is 4.79 Å². The molecule has 4 rings (SSSR count). The van der Waals surface area contributed by atoms with Gasteiger partial charge in [-0.05, 0) is 66.2 Å². The largest absolute Gasteiger partial charge is 0.487 e. The van der Waals surface area contributed by atoms with Crippen LogP contribution in [0.3, 0.4) is 0 Å². The fourth-order valence-electron chi connectivity index (χ4n) is 3.34. The minimum atomic E-state index is -0.645.